The molecule has 0 spiro atoms. The van der Waals surface area contributed by atoms with E-state index in [0.29, 0.717) is 49.4 Å². The van der Waals surface area contributed by atoms with Crippen LogP contribution in [0.2, 0.25) is 0 Å². The average molecular weight is 806 g/mol. The molecule has 2 heterocycles. The topological polar surface area (TPSA) is 152 Å². The summed E-state index contributed by atoms with van der Waals surface area (Å²) in [5.41, 5.74) is 5.97. The highest BCUT2D eigenvalue weighted by atomic mass is 32.2. The number of amides is 5. The molecule has 0 aliphatic carbocycles. The molecule has 0 saturated carbocycles. The zero-order valence-electron chi connectivity index (χ0n) is 32.6. The van der Waals surface area contributed by atoms with E-state index < -0.39 is 29.7 Å². The Bertz CT molecular complexity index is 2140. The van der Waals surface area contributed by atoms with Crippen LogP contribution in [0, 0.1) is 0 Å². The summed E-state index contributed by atoms with van der Waals surface area (Å²) >= 11 is 1.37. The number of likely N-dealkylation sites (N-methyl/N-ethyl adjacent to an activating group) is 1. The summed E-state index contributed by atoms with van der Waals surface area (Å²) in [6.45, 7) is 4.12. The second kappa shape index (κ2) is 20.1. The van der Waals surface area contributed by atoms with E-state index in [-0.39, 0.29) is 48.7 Å². The van der Waals surface area contributed by atoms with Gasteiger partial charge in [0.15, 0.2) is 0 Å². The lowest BCUT2D eigenvalue weighted by Crippen LogP contribution is -2.54. The van der Waals surface area contributed by atoms with E-state index in [1.54, 1.807) is 42.3 Å². The summed E-state index contributed by atoms with van der Waals surface area (Å²) in [5.74, 6) is -0.773. The molecule has 12 nitrogen and oxygen atoms in total. The average Bonchev–Trinajstić information content (AvgIpc) is 3.49. The van der Waals surface area contributed by atoms with Gasteiger partial charge in [-0.15, -0.1) is 11.8 Å². The number of imide groups is 2. The van der Waals surface area contributed by atoms with Gasteiger partial charge in [-0.1, -0.05) is 67.6 Å². The minimum Gasteiger partial charge on any atom is -0.508 e. The lowest BCUT2D eigenvalue weighted by Gasteiger charge is -2.27. The van der Waals surface area contributed by atoms with Gasteiger partial charge in [0, 0.05) is 24.1 Å². The van der Waals surface area contributed by atoms with Crippen LogP contribution >= 0.6 is 11.8 Å². The first-order valence-electron chi connectivity index (χ1n) is 19.3. The van der Waals surface area contributed by atoms with Crippen LogP contribution in [-0.2, 0) is 23.9 Å². The molecule has 0 radical (unpaired) electrons. The van der Waals surface area contributed by atoms with Crippen molar-refractivity contribution in [2.24, 2.45) is 0 Å². The Labute approximate surface area is 342 Å². The van der Waals surface area contributed by atoms with Gasteiger partial charge in [-0.2, -0.15) is 0 Å². The largest absolute Gasteiger partial charge is 0.508 e. The molecule has 6 rings (SSSR count). The summed E-state index contributed by atoms with van der Waals surface area (Å²) in [6, 6.07) is 29.5. The van der Waals surface area contributed by atoms with Crippen LogP contribution in [0.25, 0.3) is 11.1 Å². The van der Waals surface area contributed by atoms with Crippen molar-refractivity contribution in [1.29, 1.82) is 0 Å². The summed E-state index contributed by atoms with van der Waals surface area (Å²) in [6.07, 6.45) is 1.21. The predicted octanol–water partition coefficient (Wildman–Crippen LogP) is 6.22. The molecule has 1 saturated heterocycles. The summed E-state index contributed by atoms with van der Waals surface area (Å²) in [5, 5.41) is 12.1. The van der Waals surface area contributed by atoms with E-state index in [0.717, 1.165) is 33.6 Å². The van der Waals surface area contributed by atoms with Crippen molar-refractivity contribution < 1.29 is 43.3 Å². The number of thioether (sulfide) groups is 1. The van der Waals surface area contributed by atoms with E-state index in [1.807, 2.05) is 54.6 Å². The smallest absolute Gasteiger partial charge is 0.263 e. The Hall–Kier alpha value is -5.76. The van der Waals surface area contributed by atoms with Crippen molar-refractivity contribution in [3.05, 3.63) is 125 Å². The fraction of sp³-hybridized carbons (Fsp3) is 0.311. The number of phenols is 1. The van der Waals surface area contributed by atoms with Gasteiger partial charge in [-0.25, -0.2) is 0 Å². The molecule has 1 unspecified atom stereocenters. The number of carbonyl (C=O) groups excluding carboxylic acids is 5. The summed E-state index contributed by atoms with van der Waals surface area (Å²) < 4.78 is 17.3. The molecule has 302 valence electrons. The van der Waals surface area contributed by atoms with Crippen LogP contribution in [0.4, 0.5) is 0 Å². The number of hydrogen-bond donors (Lipinski definition) is 2. The normalized spacial score (nSPS) is 15.6. The number of benzene rings is 4. The van der Waals surface area contributed by atoms with Crippen molar-refractivity contribution in [3.63, 3.8) is 0 Å². The van der Waals surface area contributed by atoms with Crippen molar-refractivity contribution in [2.75, 3.05) is 52.4 Å². The van der Waals surface area contributed by atoms with Gasteiger partial charge >= 0.3 is 0 Å². The van der Waals surface area contributed by atoms with Gasteiger partial charge in [0.25, 0.3) is 11.8 Å². The minimum atomic E-state index is -1.01. The molecule has 13 heteroatoms. The van der Waals surface area contributed by atoms with Gasteiger partial charge in [0.2, 0.25) is 17.7 Å². The van der Waals surface area contributed by atoms with Crippen LogP contribution in [0.1, 0.15) is 70.0 Å². The van der Waals surface area contributed by atoms with Crippen LogP contribution in [0.3, 0.4) is 0 Å². The molecule has 2 aliphatic rings. The molecule has 1 fully saturated rings. The maximum atomic E-state index is 13.3. The maximum absolute atomic E-state index is 13.3. The SMILES string of the molecule is CCC(=C(c1ccc(O)cc1)c1ccc(OCCN(C)C(=O)CCOCCOCCSc2cccc3c2C(=O)N(C2CCC(=O)NC2=O)C3=O)cc1)c1ccccc1. The Balaban J connectivity index is 0.879. The van der Waals surface area contributed by atoms with Crippen LogP contribution in [0.15, 0.2) is 102 Å². The first-order chi connectivity index (χ1) is 28.2. The number of carbonyl (C=O) groups is 5. The third kappa shape index (κ3) is 10.2. The third-order valence-corrected chi connectivity index (χ3v) is 11.0. The van der Waals surface area contributed by atoms with E-state index >= 15 is 0 Å². The number of piperidine rings is 1. The maximum Gasteiger partial charge on any atom is 0.263 e. The second-order valence-corrected chi connectivity index (χ2v) is 14.9. The van der Waals surface area contributed by atoms with Crippen molar-refractivity contribution in [1.82, 2.24) is 15.1 Å². The highest BCUT2D eigenvalue weighted by Crippen LogP contribution is 2.36. The fourth-order valence-corrected chi connectivity index (χ4v) is 7.88. The number of nitrogens with one attached hydrogen (secondary N) is 1. The summed E-state index contributed by atoms with van der Waals surface area (Å²) in [4.78, 5) is 66.1. The first kappa shape index (κ1) is 41.9. The number of hydrogen-bond acceptors (Lipinski definition) is 10. The Morgan fingerprint density at radius 3 is 2.19 bits per heavy atom. The molecule has 5 amide bonds. The molecule has 2 N–H and O–H groups in total. The third-order valence-electron chi connectivity index (χ3n) is 9.95. The number of rotatable bonds is 19. The van der Waals surface area contributed by atoms with Crippen molar-refractivity contribution in [3.8, 4) is 11.5 Å². The zero-order chi connectivity index (χ0) is 41.0. The van der Waals surface area contributed by atoms with E-state index in [1.165, 1.54) is 17.3 Å². The standard InChI is InChI=1S/C45H47N3O9S/c1-3-35(30-8-5-4-6-9-30)41(31-12-16-33(49)17-13-31)32-14-18-34(19-15-32)57-25-23-47(2)40(51)22-24-55-26-27-56-28-29-58-38-11-7-10-36-42(38)45(54)48(44(36)53)37-20-21-39(50)46-43(37)52/h4-19,37,49H,3,20-29H2,1-2H3,(H,46,50,52). The van der Waals surface area contributed by atoms with Crippen molar-refractivity contribution >= 4 is 52.4 Å². The molecule has 0 bridgehead atoms. The Kier molecular flexibility index (Phi) is 14.5. The second-order valence-electron chi connectivity index (χ2n) is 13.8. The molecular weight excluding hydrogens is 759 g/mol. The zero-order valence-corrected chi connectivity index (χ0v) is 33.4. The van der Waals surface area contributed by atoms with Crippen LogP contribution < -0.4 is 10.1 Å². The van der Waals surface area contributed by atoms with Gasteiger partial charge in [-0.05, 0) is 77.1 Å². The van der Waals surface area contributed by atoms with Gasteiger partial charge in [-0.3, -0.25) is 34.2 Å². The number of ether oxygens (including phenoxy) is 3. The molecule has 1 atom stereocenters. The van der Waals surface area contributed by atoms with Crippen LogP contribution in [-0.4, -0.2) is 103 Å². The number of fused-ring (bicyclic) bond motifs is 1. The Morgan fingerprint density at radius 1 is 0.810 bits per heavy atom. The first-order valence-corrected chi connectivity index (χ1v) is 20.3. The monoisotopic (exact) mass is 805 g/mol. The van der Waals surface area contributed by atoms with Gasteiger partial charge in [0.05, 0.1) is 50.5 Å². The molecule has 58 heavy (non-hydrogen) atoms. The molecular formula is C45H47N3O9S. The number of nitrogens with zero attached hydrogens (tertiary/aromatic N) is 2. The van der Waals surface area contributed by atoms with E-state index in [9.17, 15) is 29.1 Å². The fourth-order valence-electron chi connectivity index (χ4n) is 6.94. The molecule has 4 aromatic carbocycles. The number of aromatic hydroxyl groups is 1. The highest BCUT2D eigenvalue weighted by molar-refractivity contribution is 7.99. The highest BCUT2D eigenvalue weighted by Gasteiger charge is 2.45. The van der Waals surface area contributed by atoms with Gasteiger partial charge < -0.3 is 24.2 Å². The predicted molar refractivity (Wildman–Crippen MR) is 220 cm³/mol. The summed E-state index contributed by atoms with van der Waals surface area (Å²) in [7, 11) is 1.73. The number of phenolic OH excluding ortho intramolecular Hbond substituents is 1. The van der Waals surface area contributed by atoms with Crippen LogP contribution in [0.5, 0.6) is 11.5 Å². The Morgan fingerprint density at radius 2 is 1.50 bits per heavy atom. The molecule has 0 aromatic heterocycles. The lowest BCUT2D eigenvalue weighted by atomic mass is 9.88. The number of allylic oxidation sites excluding steroid dienone is 1. The molecule has 2 aliphatic heterocycles. The lowest BCUT2D eigenvalue weighted by molar-refractivity contribution is -0.136. The van der Waals surface area contributed by atoms with E-state index in [4.69, 9.17) is 14.2 Å². The minimum absolute atomic E-state index is 0.0625. The van der Waals surface area contributed by atoms with Crippen molar-refractivity contribution in [2.45, 2.75) is 43.5 Å². The molecule has 4 aromatic rings. The quantitative estimate of drug-likeness (QED) is 0.0484. The van der Waals surface area contributed by atoms with E-state index in [2.05, 4.69) is 24.4 Å². The van der Waals surface area contributed by atoms with Gasteiger partial charge in [0.1, 0.15) is 24.1 Å².